The molecule has 0 bridgehead atoms. The number of allylic oxidation sites excluding steroid dienone is 1. The lowest BCUT2D eigenvalue weighted by Crippen LogP contribution is -2.40. The SMILES string of the molecule is CC(C)(C)C=C(C#N)C(=O)N1CCC[C@@H]1Cn1c(=NC(=O)c2ccc(-n3cccn3)s2)[nH]c2cc(CNCC3CC3)ccc21. The number of carbonyl (C=O) groups excluding carboxylic acids is 2. The third-order valence-electron chi connectivity index (χ3n) is 8.01. The van der Waals surface area contributed by atoms with E-state index in [9.17, 15) is 14.9 Å². The van der Waals surface area contributed by atoms with Gasteiger partial charge in [-0.25, -0.2) is 4.68 Å². The Labute approximate surface area is 260 Å². The van der Waals surface area contributed by atoms with E-state index in [-0.39, 0.29) is 28.8 Å². The zero-order valence-electron chi connectivity index (χ0n) is 25.4. The van der Waals surface area contributed by atoms with Gasteiger partial charge in [0.15, 0.2) is 0 Å². The summed E-state index contributed by atoms with van der Waals surface area (Å²) >= 11 is 1.33. The van der Waals surface area contributed by atoms with E-state index in [2.05, 4.69) is 44.7 Å². The second kappa shape index (κ2) is 12.4. The van der Waals surface area contributed by atoms with Gasteiger partial charge in [0.25, 0.3) is 11.8 Å². The maximum Gasteiger partial charge on any atom is 0.290 e. The first-order valence-electron chi connectivity index (χ1n) is 15.2. The molecule has 4 heterocycles. The summed E-state index contributed by atoms with van der Waals surface area (Å²) in [6.45, 7) is 8.77. The number of hydrogen-bond acceptors (Lipinski definition) is 6. The molecule has 1 saturated heterocycles. The fraction of sp³-hybridized carbons (Fsp3) is 0.424. The highest BCUT2D eigenvalue weighted by Crippen LogP contribution is 2.28. The molecule has 1 saturated carbocycles. The third-order valence-corrected chi connectivity index (χ3v) is 9.08. The molecule has 2 aliphatic rings. The van der Waals surface area contributed by atoms with Crippen LogP contribution < -0.4 is 10.9 Å². The maximum absolute atomic E-state index is 13.5. The van der Waals surface area contributed by atoms with Gasteiger partial charge in [0.2, 0.25) is 5.62 Å². The third kappa shape index (κ3) is 6.77. The first-order valence-corrected chi connectivity index (χ1v) is 16.0. The van der Waals surface area contributed by atoms with Crippen molar-refractivity contribution in [1.29, 1.82) is 5.26 Å². The van der Waals surface area contributed by atoms with E-state index >= 15 is 0 Å². The molecule has 11 heteroatoms. The number of hydrogen-bond donors (Lipinski definition) is 2. The number of likely N-dealkylation sites (tertiary alicyclic amines) is 1. The molecule has 3 aromatic heterocycles. The smallest absolute Gasteiger partial charge is 0.290 e. The van der Waals surface area contributed by atoms with Crippen LogP contribution in [-0.2, 0) is 17.9 Å². The Morgan fingerprint density at radius 3 is 2.80 bits per heavy atom. The van der Waals surface area contributed by atoms with Crippen molar-refractivity contribution in [3.8, 4) is 11.1 Å². The summed E-state index contributed by atoms with van der Waals surface area (Å²) < 4.78 is 3.73. The minimum atomic E-state index is -0.348. The standard InChI is InChI=1S/C33H38N8O2S/c1-33(2,3)17-24(18-34)31(43)39-14-4-6-25(39)21-40-27-10-9-23(20-35-19-22-7-8-22)16-26(27)37-32(40)38-30(42)28-11-12-29(44-28)41-15-5-13-36-41/h5,9-13,15-17,22,25,35H,4,6-8,14,19-21H2,1-3H3,(H,37,38,42)/t25-/m1/s1. The largest absolute Gasteiger partial charge is 0.333 e. The van der Waals surface area contributed by atoms with Gasteiger partial charge in [-0.15, -0.1) is 11.3 Å². The monoisotopic (exact) mass is 610 g/mol. The van der Waals surface area contributed by atoms with Crippen molar-refractivity contribution in [2.24, 2.45) is 16.3 Å². The van der Waals surface area contributed by atoms with Crippen molar-refractivity contribution in [1.82, 2.24) is 29.5 Å². The van der Waals surface area contributed by atoms with Crippen LogP contribution in [-0.4, -0.2) is 55.2 Å². The fourth-order valence-corrected chi connectivity index (χ4v) is 6.53. The molecule has 2 N–H and O–H groups in total. The van der Waals surface area contributed by atoms with Crippen LogP contribution in [0.25, 0.3) is 16.0 Å². The van der Waals surface area contributed by atoms with Gasteiger partial charge >= 0.3 is 0 Å². The van der Waals surface area contributed by atoms with Gasteiger partial charge in [0, 0.05) is 32.0 Å². The summed E-state index contributed by atoms with van der Waals surface area (Å²) in [7, 11) is 0. The number of benzene rings is 1. The highest BCUT2D eigenvalue weighted by atomic mass is 32.1. The number of thiophene rings is 1. The van der Waals surface area contributed by atoms with E-state index in [0.29, 0.717) is 23.6 Å². The zero-order valence-corrected chi connectivity index (χ0v) is 26.2. The Balaban J connectivity index is 1.33. The topological polar surface area (TPSA) is 124 Å². The molecular weight excluding hydrogens is 572 g/mol. The first-order chi connectivity index (χ1) is 21.2. The van der Waals surface area contributed by atoms with Crippen molar-refractivity contribution in [3.63, 3.8) is 0 Å². The Kier molecular flexibility index (Phi) is 8.38. The van der Waals surface area contributed by atoms with Crippen LogP contribution >= 0.6 is 11.3 Å². The van der Waals surface area contributed by atoms with Crippen LogP contribution in [0.4, 0.5) is 0 Å². The summed E-state index contributed by atoms with van der Waals surface area (Å²) in [6.07, 6.45) is 9.54. The number of nitriles is 1. The van der Waals surface area contributed by atoms with Crippen LogP contribution in [0.15, 0.2) is 65.4 Å². The molecule has 6 rings (SSSR count). The lowest BCUT2D eigenvalue weighted by atomic mass is 9.93. The molecule has 0 unspecified atom stereocenters. The number of aromatic amines is 1. The molecule has 1 aliphatic heterocycles. The van der Waals surface area contributed by atoms with Gasteiger partial charge in [0.1, 0.15) is 16.6 Å². The van der Waals surface area contributed by atoms with Crippen molar-refractivity contribution in [2.45, 2.75) is 65.6 Å². The van der Waals surface area contributed by atoms with Crippen LogP contribution in [0.2, 0.25) is 0 Å². The number of amides is 2. The Bertz CT molecular complexity index is 1810. The minimum absolute atomic E-state index is 0.139. The van der Waals surface area contributed by atoms with Gasteiger partial charge in [-0.1, -0.05) is 32.9 Å². The Morgan fingerprint density at radius 1 is 1.23 bits per heavy atom. The lowest BCUT2D eigenvalue weighted by molar-refractivity contribution is -0.127. The summed E-state index contributed by atoms with van der Waals surface area (Å²) in [5.74, 6) is 0.207. The molecular formula is C33H38N8O2S. The average molecular weight is 611 g/mol. The number of imidazole rings is 1. The number of H-pyrrole nitrogens is 1. The van der Waals surface area contributed by atoms with Crippen molar-refractivity contribution < 1.29 is 9.59 Å². The van der Waals surface area contributed by atoms with Gasteiger partial charge < -0.3 is 19.8 Å². The molecule has 1 atom stereocenters. The van der Waals surface area contributed by atoms with Crippen LogP contribution in [0, 0.1) is 22.7 Å². The summed E-state index contributed by atoms with van der Waals surface area (Å²) in [6, 6.07) is 13.7. The van der Waals surface area contributed by atoms with Crippen LogP contribution in [0.3, 0.4) is 0 Å². The van der Waals surface area contributed by atoms with E-state index in [0.717, 1.165) is 53.4 Å². The van der Waals surface area contributed by atoms with E-state index in [4.69, 9.17) is 0 Å². The number of nitrogens with zero attached hydrogens (tertiary/aromatic N) is 6. The number of nitrogens with one attached hydrogen (secondary N) is 2. The van der Waals surface area contributed by atoms with E-state index in [1.807, 2.05) is 48.6 Å². The highest BCUT2D eigenvalue weighted by molar-refractivity contribution is 7.16. The van der Waals surface area contributed by atoms with Gasteiger partial charge in [-0.05, 0) is 79.5 Å². The average Bonchev–Trinajstić information content (AvgIpc) is 3.44. The zero-order chi connectivity index (χ0) is 30.8. The van der Waals surface area contributed by atoms with Crippen LogP contribution in [0.5, 0.6) is 0 Å². The molecule has 0 spiro atoms. The van der Waals surface area contributed by atoms with E-state index in [1.165, 1.54) is 24.2 Å². The lowest BCUT2D eigenvalue weighted by Gasteiger charge is -2.26. The van der Waals surface area contributed by atoms with Crippen molar-refractivity contribution >= 4 is 34.2 Å². The van der Waals surface area contributed by atoms with Crippen molar-refractivity contribution in [2.75, 3.05) is 13.1 Å². The number of rotatable bonds is 9. The predicted molar refractivity (Wildman–Crippen MR) is 170 cm³/mol. The molecule has 10 nitrogen and oxygen atoms in total. The summed E-state index contributed by atoms with van der Waals surface area (Å²) in [5, 5.41) is 18.4. The highest BCUT2D eigenvalue weighted by Gasteiger charge is 2.32. The second-order valence-corrected chi connectivity index (χ2v) is 13.9. The molecule has 44 heavy (non-hydrogen) atoms. The van der Waals surface area contributed by atoms with Gasteiger partial charge in [0.05, 0.1) is 22.0 Å². The molecule has 2 fully saturated rings. The molecule has 4 aromatic rings. The Hall–Kier alpha value is -4.27. The molecule has 1 aliphatic carbocycles. The van der Waals surface area contributed by atoms with E-state index < -0.39 is 0 Å². The minimum Gasteiger partial charge on any atom is -0.333 e. The summed E-state index contributed by atoms with van der Waals surface area (Å²) in [4.78, 5) is 37.2. The molecule has 2 amide bonds. The maximum atomic E-state index is 13.5. The second-order valence-electron chi connectivity index (χ2n) is 12.8. The molecule has 0 radical (unpaired) electrons. The number of fused-ring (bicyclic) bond motifs is 1. The predicted octanol–water partition coefficient (Wildman–Crippen LogP) is 4.94. The van der Waals surface area contributed by atoms with Gasteiger partial charge in [-0.2, -0.15) is 15.4 Å². The fourth-order valence-electron chi connectivity index (χ4n) is 5.70. The van der Waals surface area contributed by atoms with Crippen LogP contribution in [0.1, 0.15) is 61.7 Å². The van der Waals surface area contributed by atoms with Crippen molar-refractivity contribution in [3.05, 3.63) is 76.5 Å². The summed E-state index contributed by atoms with van der Waals surface area (Å²) in [5.41, 5.74) is 3.26. The first kappa shape index (κ1) is 29.8. The van der Waals surface area contributed by atoms with E-state index in [1.54, 1.807) is 23.0 Å². The molecule has 1 aromatic carbocycles. The molecule has 228 valence electrons. The Morgan fingerprint density at radius 2 is 2.07 bits per heavy atom. The number of aromatic nitrogens is 4. The quantitative estimate of drug-likeness (QED) is 0.205. The number of carbonyl (C=O) groups is 2. The van der Waals surface area contributed by atoms with Gasteiger partial charge in [-0.3, -0.25) is 9.59 Å². The normalized spacial score (nSPS) is 17.9.